The van der Waals surface area contributed by atoms with Crippen molar-refractivity contribution in [1.29, 1.82) is 0 Å². The Bertz CT molecular complexity index is 934. The number of piperidine rings is 1. The van der Waals surface area contributed by atoms with Crippen LogP contribution in [-0.4, -0.2) is 31.6 Å². The fourth-order valence-electron chi connectivity index (χ4n) is 3.15. The number of nitrogens with zero attached hydrogens (tertiary/aromatic N) is 1. The highest BCUT2D eigenvalue weighted by Gasteiger charge is 2.35. The molecule has 0 bridgehead atoms. The molecule has 1 aromatic heterocycles. The first-order chi connectivity index (χ1) is 12.6. The van der Waals surface area contributed by atoms with Gasteiger partial charge in [-0.05, 0) is 61.0 Å². The fraction of sp³-hybridized carbons (Fsp3) is 0.389. The monoisotopic (exact) mass is 417 g/mol. The van der Waals surface area contributed by atoms with E-state index in [2.05, 4.69) is 0 Å². The van der Waals surface area contributed by atoms with Crippen molar-refractivity contribution in [2.45, 2.75) is 30.8 Å². The molecule has 9 heteroatoms. The molecule has 1 fully saturated rings. The van der Waals surface area contributed by atoms with Crippen molar-refractivity contribution < 1.29 is 26.4 Å². The zero-order valence-corrected chi connectivity index (χ0v) is 16.1. The summed E-state index contributed by atoms with van der Waals surface area (Å²) in [6, 6.07) is 5.29. The van der Waals surface area contributed by atoms with Crippen LogP contribution in [0.1, 0.15) is 33.6 Å². The molecule has 0 aliphatic carbocycles. The molecule has 1 atom stereocenters. The van der Waals surface area contributed by atoms with Crippen LogP contribution in [0, 0.1) is 12.8 Å². The second-order valence-electron chi connectivity index (χ2n) is 6.52. The van der Waals surface area contributed by atoms with Gasteiger partial charge in [0.2, 0.25) is 10.0 Å². The quantitative estimate of drug-likeness (QED) is 0.695. The van der Waals surface area contributed by atoms with Crippen LogP contribution in [0.3, 0.4) is 0 Å². The molecule has 1 saturated heterocycles. The van der Waals surface area contributed by atoms with Crippen molar-refractivity contribution in [2.75, 3.05) is 13.1 Å². The standard InChI is InChI=1S/C18H18F3NO3S2/c1-12-8-10-26-17(12)16(23)13-3-2-9-22(11-13)27(24,25)15-6-4-14(5-7-15)18(19,20)21/h4-8,10,13H,2-3,9,11H2,1H3/t13-/m1/s1. The summed E-state index contributed by atoms with van der Waals surface area (Å²) in [5.74, 6) is -0.518. The average molecular weight is 417 g/mol. The van der Waals surface area contributed by atoms with E-state index in [-0.39, 0.29) is 23.8 Å². The van der Waals surface area contributed by atoms with Crippen LogP contribution in [0.25, 0.3) is 0 Å². The summed E-state index contributed by atoms with van der Waals surface area (Å²) in [6.45, 7) is 2.12. The molecule has 27 heavy (non-hydrogen) atoms. The fourth-order valence-corrected chi connectivity index (χ4v) is 5.62. The molecule has 146 valence electrons. The minimum absolute atomic E-state index is 0.0412. The maximum absolute atomic E-state index is 12.8. The number of Topliss-reactive ketones (excluding diaryl/α,β-unsaturated/α-hetero) is 1. The third-order valence-electron chi connectivity index (χ3n) is 4.66. The Labute approximate surface area is 159 Å². The predicted molar refractivity (Wildman–Crippen MR) is 96.3 cm³/mol. The zero-order chi connectivity index (χ0) is 19.8. The zero-order valence-electron chi connectivity index (χ0n) is 14.5. The summed E-state index contributed by atoms with van der Waals surface area (Å²) < 4.78 is 64.9. The summed E-state index contributed by atoms with van der Waals surface area (Å²) in [5, 5.41) is 1.82. The Kier molecular flexibility index (Phi) is 5.47. The summed E-state index contributed by atoms with van der Waals surface area (Å²) in [7, 11) is -3.95. The van der Waals surface area contributed by atoms with Crippen molar-refractivity contribution in [2.24, 2.45) is 5.92 Å². The van der Waals surface area contributed by atoms with Gasteiger partial charge in [0.25, 0.3) is 0 Å². The molecule has 0 saturated carbocycles. The van der Waals surface area contributed by atoms with E-state index in [1.54, 1.807) is 0 Å². The minimum Gasteiger partial charge on any atom is -0.293 e. The maximum Gasteiger partial charge on any atom is 0.416 e. The lowest BCUT2D eigenvalue weighted by Crippen LogP contribution is -2.42. The molecule has 1 aliphatic heterocycles. The van der Waals surface area contributed by atoms with Crippen molar-refractivity contribution in [3.63, 3.8) is 0 Å². The third-order valence-corrected chi connectivity index (χ3v) is 7.57. The molecule has 4 nitrogen and oxygen atoms in total. The summed E-state index contributed by atoms with van der Waals surface area (Å²) in [5.41, 5.74) is -0.0333. The Morgan fingerprint density at radius 1 is 1.19 bits per heavy atom. The van der Waals surface area contributed by atoms with E-state index >= 15 is 0 Å². The Balaban J connectivity index is 1.80. The van der Waals surface area contributed by atoms with E-state index in [1.807, 2.05) is 18.4 Å². The molecule has 1 aromatic carbocycles. The van der Waals surface area contributed by atoms with Crippen LogP contribution in [-0.2, 0) is 16.2 Å². The first-order valence-electron chi connectivity index (χ1n) is 8.36. The van der Waals surface area contributed by atoms with Gasteiger partial charge in [-0.2, -0.15) is 17.5 Å². The number of carbonyl (C=O) groups excluding carboxylic acids is 1. The second-order valence-corrected chi connectivity index (χ2v) is 9.38. The van der Waals surface area contributed by atoms with Gasteiger partial charge in [-0.1, -0.05) is 0 Å². The number of aryl methyl sites for hydroxylation is 1. The van der Waals surface area contributed by atoms with E-state index < -0.39 is 27.7 Å². The van der Waals surface area contributed by atoms with Crippen LogP contribution >= 0.6 is 11.3 Å². The van der Waals surface area contributed by atoms with Gasteiger partial charge >= 0.3 is 6.18 Å². The van der Waals surface area contributed by atoms with Crippen molar-refractivity contribution in [3.05, 3.63) is 51.7 Å². The van der Waals surface area contributed by atoms with Gasteiger partial charge < -0.3 is 0 Å². The first kappa shape index (κ1) is 20.0. The van der Waals surface area contributed by atoms with Gasteiger partial charge in [-0.3, -0.25) is 4.79 Å². The molecule has 2 heterocycles. The molecule has 3 rings (SSSR count). The van der Waals surface area contributed by atoms with E-state index in [4.69, 9.17) is 0 Å². The normalized spacial score (nSPS) is 19.2. The summed E-state index contributed by atoms with van der Waals surface area (Å²) >= 11 is 1.34. The number of alkyl halides is 3. The van der Waals surface area contributed by atoms with Crippen molar-refractivity contribution in [1.82, 2.24) is 4.31 Å². The SMILES string of the molecule is Cc1ccsc1C(=O)[C@@H]1CCCN(S(=O)(=O)c2ccc(C(F)(F)F)cc2)C1. The number of sulfonamides is 1. The highest BCUT2D eigenvalue weighted by Crippen LogP contribution is 2.32. The number of hydrogen-bond donors (Lipinski definition) is 0. The Morgan fingerprint density at radius 2 is 1.85 bits per heavy atom. The van der Waals surface area contributed by atoms with Crippen molar-refractivity contribution >= 4 is 27.1 Å². The summed E-state index contributed by atoms with van der Waals surface area (Å²) in [6.07, 6.45) is -3.40. The number of ketones is 1. The van der Waals surface area contributed by atoms with Crippen molar-refractivity contribution in [3.8, 4) is 0 Å². The molecular weight excluding hydrogens is 399 g/mol. The molecule has 0 N–H and O–H groups in total. The topological polar surface area (TPSA) is 54.5 Å². The van der Waals surface area contributed by atoms with E-state index in [0.29, 0.717) is 17.7 Å². The van der Waals surface area contributed by atoms with Gasteiger partial charge in [0.1, 0.15) is 0 Å². The predicted octanol–water partition coefficient (Wildman–Crippen LogP) is 4.36. The number of hydrogen-bond acceptors (Lipinski definition) is 4. The van der Waals surface area contributed by atoms with Gasteiger partial charge in [0, 0.05) is 19.0 Å². The Morgan fingerprint density at radius 3 is 2.41 bits per heavy atom. The lowest BCUT2D eigenvalue weighted by Gasteiger charge is -2.31. The second kappa shape index (κ2) is 7.37. The van der Waals surface area contributed by atoms with Gasteiger partial charge in [0.15, 0.2) is 5.78 Å². The molecule has 0 unspecified atom stereocenters. The third kappa shape index (κ3) is 4.09. The molecule has 1 aliphatic rings. The summed E-state index contributed by atoms with van der Waals surface area (Å²) in [4.78, 5) is 13.1. The number of thiophene rings is 1. The minimum atomic E-state index is -4.52. The highest BCUT2D eigenvalue weighted by atomic mass is 32.2. The lowest BCUT2D eigenvalue weighted by molar-refractivity contribution is -0.137. The molecular formula is C18H18F3NO3S2. The lowest BCUT2D eigenvalue weighted by atomic mass is 9.93. The molecule has 0 spiro atoms. The van der Waals surface area contributed by atoms with Crippen LogP contribution in [0.2, 0.25) is 0 Å². The van der Waals surface area contributed by atoms with E-state index in [9.17, 15) is 26.4 Å². The number of carbonyl (C=O) groups is 1. The van der Waals surface area contributed by atoms with Crippen LogP contribution in [0.15, 0.2) is 40.6 Å². The number of rotatable bonds is 4. The first-order valence-corrected chi connectivity index (χ1v) is 10.7. The van der Waals surface area contributed by atoms with Crippen LogP contribution < -0.4 is 0 Å². The highest BCUT2D eigenvalue weighted by molar-refractivity contribution is 7.89. The molecule has 2 aromatic rings. The largest absolute Gasteiger partial charge is 0.416 e. The van der Waals surface area contributed by atoms with E-state index in [0.717, 1.165) is 29.8 Å². The van der Waals surface area contributed by atoms with Gasteiger partial charge in [-0.15, -0.1) is 11.3 Å². The van der Waals surface area contributed by atoms with Crippen LogP contribution in [0.5, 0.6) is 0 Å². The number of benzene rings is 1. The van der Waals surface area contributed by atoms with Crippen LogP contribution in [0.4, 0.5) is 13.2 Å². The van der Waals surface area contributed by atoms with Gasteiger partial charge in [0.05, 0.1) is 15.3 Å². The molecule has 0 amide bonds. The van der Waals surface area contributed by atoms with Gasteiger partial charge in [-0.25, -0.2) is 8.42 Å². The number of halogens is 3. The van der Waals surface area contributed by atoms with E-state index in [1.165, 1.54) is 15.6 Å². The smallest absolute Gasteiger partial charge is 0.293 e. The Hall–Kier alpha value is -1.71. The molecule has 0 radical (unpaired) electrons. The maximum atomic E-state index is 12.8. The average Bonchev–Trinajstić information content (AvgIpc) is 3.06.